The molecule has 1 aromatic carbocycles. The first-order valence-electron chi connectivity index (χ1n) is 8.36. The van der Waals surface area contributed by atoms with E-state index in [0.29, 0.717) is 24.5 Å². The molecule has 1 saturated carbocycles. The van der Waals surface area contributed by atoms with Crippen molar-refractivity contribution in [3.63, 3.8) is 0 Å². The number of hydrogen-bond donors (Lipinski definition) is 2. The number of aromatic nitrogens is 2. The lowest BCUT2D eigenvalue weighted by Gasteiger charge is -2.36. The molecule has 1 heterocycles. The maximum Gasteiger partial charge on any atom is 0.329 e. The molecule has 1 aliphatic rings. The molecule has 2 aromatic rings. The van der Waals surface area contributed by atoms with Crippen LogP contribution in [0.1, 0.15) is 38.3 Å². The molecule has 1 fully saturated rings. The summed E-state index contributed by atoms with van der Waals surface area (Å²) in [5.74, 6) is -0.710. The van der Waals surface area contributed by atoms with E-state index < -0.39 is 11.5 Å². The van der Waals surface area contributed by atoms with Gasteiger partial charge in [0.05, 0.1) is 17.6 Å². The summed E-state index contributed by atoms with van der Waals surface area (Å²) in [6.45, 7) is 2.12. The van der Waals surface area contributed by atoms with Crippen LogP contribution >= 0.6 is 0 Å². The van der Waals surface area contributed by atoms with Gasteiger partial charge in [-0.3, -0.25) is 9.48 Å². The van der Waals surface area contributed by atoms with Crippen LogP contribution < -0.4 is 5.32 Å². The van der Waals surface area contributed by atoms with E-state index in [4.69, 9.17) is 0 Å². The zero-order chi connectivity index (χ0) is 17.3. The normalized spacial score (nSPS) is 24.0. The van der Waals surface area contributed by atoms with Crippen LogP contribution in [0.25, 0.3) is 10.9 Å². The fraction of sp³-hybridized carbons (Fsp3) is 0.500. The molecule has 0 unspecified atom stereocenters. The zero-order valence-electron chi connectivity index (χ0n) is 14.1. The molecule has 1 aromatic heterocycles. The molecular weight excluding hydrogens is 306 g/mol. The first-order chi connectivity index (χ1) is 11.4. The van der Waals surface area contributed by atoms with Gasteiger partial charge >= 0.3 is 5.97 Å². The summed E-state index contributed by atoms with van der Waals surface area (Å²) in [6.07, 6.45) is 2.69. The standard InChI is InChI=1S/C18H23N3O3/c1-12-7-9-18(10-8-12,17(23)24)19-16(22)11-14-13-5-3-4-6-15(13)21(2)20-14/h3-6,12H,7-11H2,1-2H3,(H,19,22)(H,23,24). The summed E-state index contributed by atoms with van der Waals surface area (Å²) in [5, 5.41) is 17.8. The van der Waals surface area contributed by atoms with Crippen LogP contribution in [0.5, 0.6) is 0 Å². The van der Waals surface area contributed by atoms with Gasteiger partial charge in [-0.15, -0.1) is 0 Å². The number of carbonyl (C=O) groups is 2. The van der Waals surface area contributed by atoms with Gasteiger partial charge in [0.25, 0.3) is 0 Å². The van der Waals surface area contributed by atoms with Gasteiger partial charge in [0.2, 0.25) is 5.91 Å². The Balaban J connectivity index is 1.78. The number of carboxylic acid groups (broad SMARTS) is 1. The number of benzene rings is 1. The topological polar surface area (TPSA) is 84.2 Å². The van der Waals surface area contributed by atoms with Gasteiger partial charge in [0, 0.05) is 12.4 Å². The zero-order valence-corrected chi connectivity index (χ0v) is 14.1. The Hall–Kier alpha value is -2.37. The summed E-state index contributed by atoms with van der Waals surface area (Å²) in [5.41, 5.74) is 0.504. The number of aryl methyl sites for hydroxylation is 1. The van der Waals surface area contributed by atoms with Crippen LogP contribution in [0, 0.1) is 5.92 Å². The Morgan fingerprint density at radius 3 is 2.67 bits per heavy atom. The molecule has 128 valence electrons. The maximum atomic E-state index is 12.5. The molecule has 0 spiro atoms. The molecule has 1 amide bonds. The Labute approximate surface area is 140 Å². The Bertz CT molecular complexity index is 773. The van der Waals surface area contributed by atoms with Crippen molar-refractivity contribution in [1.82, 2.24) is 15.1 Å². The number of carboxylic acids is 1. The van der Waals surface area contributed by atoms with E-state index in [9.17, 15) is 14.7 Å². The van der Waals surface area contributed by atoms with E-state index in [1.807, 2.05) is 31.3 Å². The highest BCUT2D eigenvalue weighted by atomic mass is 16.4. The number of hydrogen-bond acceptors (Lipinski definition) is 3. The second-order valence-corrected chi connectivity index (χ2v) is 6.88. The molecule has 6 nitrogen and oxygen atoms in total. The minimum Gasteiger partial charge on any atom is -0.480 e. The lowest BCUT2D eigenvalue weighted by Crippen LogP contribution is -2.56. The van der Waals surface area contributed by atoms with Crippen LogP contribution in [0.3, 0.4) is 0 Å². The van der Waals surface area contributed by atoms with Crippen LogP contribution in [0.2, 0.25) is 0 Å². The third-order valence-corrected chi connectivity index (χ3v) is 5.08. The molecule has 2 N–H and O–H groups in total. The third-order valence-electron chi connectivity index (χ3n) is 5.08. The summed E-state index contributed by atoms with van der Waals surface area (Å²) >= 11 is 0. The lowest BCUT2D eigenvalue weighted by atomic mass is 9.77. The van der Waals surface area contributed by atoms with Crippen molar-refractivity contribution in [1.29, 1.82) is 0 Å². The number of nitrogens with zero attached hydrogens (tertiary/aromatic N) is 2. The maximum absolute atomic E-state index is 12.5. The molecule has 0 aliphatic heterocycles. The fourth-order valence-electron chi connectivity index (χ4n) is 3.53. The number of rotatable bonds is 4. The minimum atomic E-state index is -1.13. The summed E-state index contributed by atoms with van der Waals surface area (Å²) < 4.78 is 1.74. The van der Waals surface area contributed by atoms with E-state index in [-0.39, 0.29) is 12.3 Å². The SMILES string of the molecule is CC1CCC(NC(=O)Cc2nn(C)c3ccccc23)(C(=O)O)CC1. The summed E-state index contributed by atoms with van der Waals surface area (Å²) in [4.78, 5) is 24.3. The second kappa shape index (κ2) is 6.26. The number of carbonyl (C=O) groups excluding carboxylic acids is 1. The number of amides is 1. The molecule has 0 radical (unpaired) electrons. The predicted octanol–water partition coefficient (Wildman–Crippen LogP) is 2.27. The van der Waals surface area contributed by atoms with E-state index in [1.165, 1.54) is 0 Å². The summed E-state index contributed by atoms with van der Waals surface area (Å²) in [6, 6.07) is 7.72. The van der Waals surface area contributed by atoms with Gasteiger partial charge < -0.3 is 10.4 Å². The summed E-state index contributed by atoms with van der Waals surface area (Å²) in [7, 11) is 1.84. The monoisotopic (exact) mass is 329 g/mol. The van der Waals surface area contributed by atoms with Gasteiger partial charge in [-0.25, -0.2) is 4.79 Å². The second-order valence-electron chi connectivity index (χ2n) is 6.88. The van der Waals surface area contributed by atoms with Gasteiger partial charge in [0.1, 0.15) is 5.54 Å². The average molecular weight is 329 g/mol. The molecule has 3 rings (SSSR count). The molecule has 24 heavy (non-hydrogen) atoms. The smallest absolute Gasteiger partial charge is 0.329 e. The van der Waals surface area contributed by atoms with Crippen LogP contribution in [-0.2, 0) is 23.1 Å². The number of aliphatic carboxylic acids is 1. The van der Waals surface area contributed by atoms with Gasteiger partial charge in [-0.2, -0.15) is 5.10 Å². The highest BCUT2D eigenvalue weighted by molar-refractivity contribution is 5.91. The molecule has 1 aliphatic carbocycles. The molecule has 6 heteroatoms. The predicted molar refractivity (Wildman–Crippen MR) is 90.6 cm³/mol. The Kier molecular flexibility index (Phi) is 4.30. The minimum absolute atomic E-state index is 0.0892. The van der Waals surface area contributed by atoms with Crippen LogP contribution in [0.15, 0.2) is 24.3 Å². The number of nitrogens with one attached hydrogen (secondary N) is 1. The van der Waals surface area contributed by atoms with Crippen molar-refractivity contribution < 1.29 is 14.7 Å². The van der Waals surface area contributed by atoms with E-state index in [0.717, 1.165) is 23.7 Å². The molecule has 0 bridgehead atoms. The quantitative estimate of drug-likeness (QED) is 0.901. The van der Waals surface area contributed by atoms with Crippen molar-refractivity contribution >= 4 is 22.8 Å². The van der Waals surface area contributed by atoms with Crippen LogP contribution in [-0.4, -0.2) is 32.3 Å². The van der Waals surface area contributed by atoms with Crippen molar-refractivity contribution in [2.75, 3.05) is 0 Å². The first kappa shape index (κ1) is 16.5. The largest absolute Gasteiger partial charge is 0.480 e. The Morgan fingerprint density at radius 2 is 2.00 bits per heavy atom. The number of para-hydroxylation sites is 1. The number of fused-ring (bicyclic) bond motifs is 1. The van der Waals surface area contributed by atoms with Crippen molar-refractivity contribution in [2.24, 2.45) is 13.0 Å². The highest BCUT2D eigenvalue weighted by Crippen LogP contribution is 2.32. The van der Waals surface area contributed by atoms with Crippen molar-refractivity contribution in [3.05, 3.63) is 30.0 Å². The molecule has 0 saturated heterocycles. The Morgan fingerprint density at radius 1 is 1.33 bits per heavy atom. The average Bonchev–Trinajstić information content (AvgIpc) is 2.86. The fourth-order valence-corrected chi connectivity index (χ4v) is 3.53. The first-order valence-corrected chi connectivity index (χ1v) is 8.36. The van der Waals surface area contributed by atoms with E-state index in [1.54, 1.807) is 4.68 Å². The van der Waals surface area contributed by atoms with Crippen LogP contribution in [0.4, 0.5) is 0 Å². The highest BCUT2D eigenvalue weighted by Gasteiger charge is 2.42. The van der Waals surface area contributed by atoms with Crippen molar-refractivity contribution in [2.45, 2.75) is 44.6 Å². The van der Waals surface area contributed by atoms with Gasteiger partial charge in [0.15, 0.2) is 0 Å². The van der Waals surface area contributed by atoms with Crippen molar-refractivity contribution in [3.8, 4) is 0 Å². The lowest BCUT2D eigenvalue weighted by molar-refractivity contribution is -0.149. The van der Waals surface area contributed by atoms with E-state index >= 15 is 0 Å². The molecule has 0 atom stereocenters. The third kappa shape index (κ3) is 3.00. The molecular formula is C18H23N3O3. The van der Waals surface area contributed by atoms with E-state index in [2.05, 4.69) is 17.3 Å². The van der Waals surface area contributed by atoms with Gasteiger partial charge in [-0.05, 0) is 37.7 Å². The van der Waals surface area contributed by atoms with Gasteiger partial charge in [-0.1, -0.05) is 25.1 Å².